The molecule has 2 rings (SSSR count). The van der Waals surface area contributed by atoms with Crippen molar-refractivity contribution in [3.8, 4) is 0 Å². The molecule has 1 saturated heterocycles. The van der Waals surface area contributed by atoms with Crippen LogP contribution in [-0.4, -0.2) is 43.3 Å². The SMILES string of the molecule is Cc1cc(C)cc(C(=O)N(CC(C)C)[C@H]2CCS(=O)(=O)C2)c1. The van der Waals surface area contributed by atoms with E-state index in [1.807, 2.05) is 45.9 Å². The van der Waals surface area contributed by atoms with Gasteiger partial charge in [0, 0.05) is 18.2 Å². The number of sulfone groups is 1. The van der Waals surface area contributed by atoms with Crippen LogP contribution in [0.3, 0.4) is 0 Å². The average Bonchev–Trinajstić information content (AvgIpc) is 2.74. The molecule has 1 fully saturated rings. The van der Waals surface area contributed by atoms with Crippen LogP contribution in [0.25, 0.3) is 0 Å². The monoisotopic (exact) mass is 323 g/mol. The molecule has 0 unspecified atom stereocenters. The van der Waals surface area contributed by atoms with Gasteiger partial charge in [-0.2, -0.15) is 0 Å². The van der Waals surface area contributed by atoms with Gasteiger partial charge in [-0.3, -0.25) is 4.79 Å². The van der Waals surface area contributed by atoms with E-state index in [1.54, 1.807) is 4.90 Å². The zero-order chi connectivity index (χ0) is 16.5. The zero-order valence-electron chi connectivity index (χ0n) is 13.8. The first-order valence-electron chi connectivity index (χ1n) is 7.77. The molecule has 5 heteroatoms. The summed E-state index contributed by atoms with van der Waals surface area (Å²) in [5.41, 5.74) is 2.75. The Morgan fingerprint density at radius 1 is 1.23 bits per heavy atom. The van der Waals surface area contributed by atoms with Crippen molar-refractivity contribution in [2.24, 2.45) is 5.92 Å². The fraction of sp³-hybridized carbons (Fsp3) is 0.588. The van der Waals surface area contributed by atoms with Gasteiger partial charge in [0.15, 0.2) is 9.84 Å². The molecule has 0 aromatic heterocycles. The highest BCUT2D eigenvalue weighted by Gasteiger charge is 2.35. The maximum Gasteiger partial charge on any atom is 0.254 e. The highest BCUT2D eigenvalue weighted by Crippen LogP contribution is 2.22. The quantitative estimate of drug-likeness (QED) is 0.856. The van der Waals surface area contributed by atoms with Crippen molar-refractivity contribution in [1.29, 1.82) is 0 Å². The van der Waals surface area contributed by atoms with Crippen molar-refractivity contribution in [2.45, 2.75) is 40.2 Å². The van der Waals surface area contributed by atoms with Crippen molar-refractivity contribution in [2.75, 3.05) is 18.1 Å². The van der Waals surface area contributed by atoms with E-state index in [9.17, 15) is 13.2 Å². The summed E-state index contributed by atoms with van der Waals surface area (Å²) in [5.74, 6) is 0.531. The lowest BCUT2D eigenvalue weighted by molar-refractivity contribution is 0.0672. The number of carbonyl (C=O) groups excluding carboxylic acids is 1. The van der Waals surface area contributed by atoms with E-state index in [0.717, 1.165) is 11.1 Å². The molecular weight excluding hydrogens is 298 g/mol. The fourth-order valence-electron chi connectivity index (χ4n) is 3.08. The van der Waals surface area contributed by atoms with E-state index in [2.05, 4.69) is 0 Å². The Labute approximate surface area is 133 Å². The normalized spacial score (nSPS) is 20.3. The summed E-state index contributed by atoms with van der Waals surface area (Å²) in [6.45, 7) is 8.62. The topological polar surface area (TPSA) is 54.5 Å². The Morgan fingerprint density at radius 3 is 2.27 bits per heavy atom. The Kier molecular flexibility index (Phi) is 4.95. The number of carbonyl (C=O) groups is 1. The molecule has 1 aromatic carbocycles. The summed E-state index contributed by atoms with van der Waals surface area (Å²) in [6, 6.07) is 5.60. The van der Waals surface area contributed by atoms with E-state index >= 15 is 0 Å². The molecule has 4 nitrogen and oxygen atoms in total. The Morgan fingerprint density at radius 2 is 1.82 bits per heavy atom. The predicted molar refractivity (Wildman–Crippen MR) is 88.8 cm³/mol. The standard InChI is InChI=1S/C17H25NO3S/c1-12(2)10-18(16-5-6-22(20,21)11-16)17(19)15-8-13(3)7-14(4)9-15/h7-9,12,16H,5-6,10-11H2,1-4H3/t16-/m0/s1. The van der Waals surface area contributed by atoms with Gasteiger partial charge in [-0.1, -0.05) is 31.0 Å². The molecule has 0 aliphatic carbocycles. The maximum atomic E-state index is 12.9. The van der Waals surface area contributed by atoms with Crippen molar-refractivity contribution in [3.63, 3.8) is 0 Å². The third kappa shape index (κ3) is 4.09. The van der Waals surface area contributed by atoms with E-state index < -0.39 is 9.84 Å². The number of aryl methyl sites for hydroxylation is 2. The minimum absolute atomic E-state index is 0.0531. The second-order valence-electron chi connectivity index (χ2n) is 6.78. The van der Waals surface area contributed by atoms with Crippen LogP contribution >= 0.6 is 0 Å². The number of rotatable bonds is 4. The maximum absolute atomic E-state index is 12.9. The van der Waals surface area contributed by atoms with Gasteiger partial charge in [-0.05, 0) is 38.3 Å². The first kappa shape index (κ1) is 17.0. The molecule has 0 saturated carbocycles. The smallest absolute Gasteiger partial charge is 0.254 e. The lowest BCUT2D eigenvalue weighted by Crippen LogP contribution is -2.43. The molecule has 0 radical (unpaired) electrons. The molecule has 0 N–H and O–H groups in total. The number of benzene rings is 1. The molecule has 1 aliphatic heterocycles. The van der Waals surface area contributed by atoms with E-state index in [0.29, 0.717) is 24.4 Å². The minimum Gasteiger partial charge on any atom is -0.334 e. The Balaban J connectivity index is 2.30. The van der Waals surface area contributed by atoms with Gasteiger partial charge in [0.2, 0.25) is 0 Å². The summed E-state index contributed by atoms with van der Waals surface area (Å²) < 4.78 is 23.5. The summed E-state index contributed by atoms with van der Waals surface area (Å²) in [5, 5.41) is 0. The van der Waals surface area contributed by atoms with Crippen LogP contribution in [0, 0.1) is 19.8 Å². The van der Waals surface area contributed by atoms with Crippen molar-refractivity contribution in [1.82, 2.24) is 4.90 Å². The minimum atomic E-state index is -3.00. The van der Waals surface area contributed by atoms with Crippen LogP contribution in [0.5, 0.6) is 0 Å². The molecule has 22 heavy (non-hydrogen) atoms. The van der Waals surface area contributed by atoms with Gasteiger partial charge < -0.3 is 4.90 Å². The molecule has 0 bridgehead atoms. The molecule has 1 aromatic rings. The van der Waals surface area contributed by atoms with Crippen LogP contribution < -0.4 is 0 Å². The Hall–Kier alpha value is -1.36. The second-order valence-corrected chi connectivity index (χ2v) is 9.01. The van der Waals surface area contributed by atoms with E-state index in [4.69, 9.17) is 0 Å². The van der Waals surface area contributed by atoms with Gasteiger partial charge in [0.1, 0.15) is 0 Å². The molecule has 122 valence electrons. The molecule has 1 heterocycles. The molecule has 0 spiro atoms. The molecule has 1 atom stereocenters. The van der Waals surface area contributed by atoms with Crippen LogP contribution in [0.1, 0.15) is 41.8 Å². The third-order valence-electron chi connectivity index (χ3n) is 3.94. The molecule has 1 aliphatic rings. The summed E-state index contributed by atoms with van der Waals surface area (Å²) in [6.07, 6.45) is 0.547. The number of hydrogen-bond acceptors (Lipinski definition) is 3. The molecular formula is C17H25NO3S. The van der Waals surface area contributed by atoms with Crippen LogP contribution in [-0.2, 0) is 9.84 Å². The lowest BCUT2D eigenvalue weighted by atomic mass is 10.0. The van der Waals surface area contributed by atoms with Crippen molar-refractivity contribution >= 4 is 15.7 Å². The largest absolute Gasteiger partial charge is 0.334 e. The van der Waals surface area contributed by atoms with Gasteiger partial charge >= 0.3 is 0 Å². The van der Waals surface area contributed by atoms with Crippen molar-refractivity contribution in [3.05, 3.63) is 34.9 Å². The second kappa shape index (κ2) is 6.41. The summed E-state index contributed by atoms with van der Waals surface area (Å²) in [7, 11) is -3.00. The van der Waals surface area contributed by atoms with Crippen molar-refractivity contribution < 1.29 is 13.2 Å². The number of hydrogen-bond donors (Lipinski definition) is 0. The first-order chi connectivity index (χ1) is 10.2. The molecule has 1 amide bonds. The summed E-state index contributed by atoms with van der Waals surface area (Å²) in [4.78, 5) is 14.7. The van der Waals surface area contributed by atoms with Crippen LogP contribution in [0.15, 0.2) is 18.2 Å². The number of amides is 1. The first-order valence-corrected chi connectivity index (χ1v) is 9.60. The van der Waals surface area contributed by atoms with Crippen LogP contribution in [0.4, 0.5) is 0 Å². The van der Waals surface area contributed by atoms with Gasteiger partial charge in [0.25, 0.3) is 5.91 Å². The van der Waals surface area contributed by atoms with Gasteiger partial charge in [-0.15, -0.1) is 0 Å². The van der Waals surface area contributed by atoms with Gasteiger partial charge in [0.05, 0.1) is 11.5 Å². The predicted octanol–water partition coefficient (Wildman–Crippen LogP) is 2.59. The van der Waals surface area contributed by atoms with E-state index in [1.165, 1.54) is 0 Å². The summed E-state index contributed by atoms with van der Waals surface area (Å²) >= 11 is 0. The number of nitrogens with zero attached hydrogens (tertiary/aromatic N) is 1. The van der Waals surface area contributed by atoms with Gasteiger partial charge in [-0.25, -0.2) is 8.42 Å². The average molecular weight is 323 g/mol. The lowest BCUT2D eigenvalue weighted by Gasteiger charge is -2.30. The third-order valence-corrected chi connectivity index (χ3v) is 5.69. The fourth-order valence-corrected chi connectivity index (χ4v) is 4.81. The Bertz CT molecular complexity index is 644. The highest BCUT2D eigenvalue weighted by molar-refractivity contribution is 7.91. The van der Waals surface area contributed by atoms with E-state index in [-0.39, 0.29) is 23.5 Å². The highest BCUT2D eigenvalue weighted by atomic mass is 32.2. The zero-order valence-corrected chi connectivity index (χ0v) is 14.6. The van der Waals surface area contributed by atoms with Crippen LogP contribution in [0.2, 0.25) is 0 Å².